The Morgan fingerprint density at radius 1 is 1.40 bits per heavy atom. The number of pyridine rings is 1. The Balaban J connectivity index is 1.97. The predicted molar refractivity (Wildman–Crippen MR) is 51.0 cm³/mol. The van der Waals surface area contributed by atoms with Gasteiger partial charge >= 0.3 is 0 Å². The zero-order valence-corrected chi connectivity index (χ0v) is 8.19. The van der Waals surface area contributed by atoms with Crippen molar-refractivity contribution in [3.05, 3.63) is 34.5 Å². The molecule has 1 aromatic rings. The lowest BCUT2D eigenvalue weighted by Crippen LogP contribution is -2.22. The lowest BCUT2D eigenvalue weighted by molar-refractivity contribution is -0.0492. The normalized spacial score (nSPS) is 17.1. The van der Waals surface area contributed by atoms with E-state index in [1.165, 1.54) is 16.8 Å². The fourth-order valence-electron chi connectivity index (χ4n) is 1.50. The van der Waals surface area contributed by atoms with Crippen LogP contribution in [0.4, 0.5) is 4.39 Å². The van der Waals surface area contributed by atoms with Gasteiger partial charge in [-0.25, -0.2) is 4.39 Å². The molecule has 0 amide bonds. The molecule has 4 nitrogen and oxygen atoms in total. The number of aryl methyl sites for hydroxylation is 1. The first-order valence-electron chi connectivity index (χ1n) is 4.85. The Morgan fingerprint density at radius 3 is 2.87 bits per heavy atom. The number of hydrogen-bond donors (Lipinski definition) is 0. The summed E-state index contributed by atoms with van der Waals surface area (Å²) in [6.45, 7) is 1.58. The van der Waals surface area contributed by atoms with Crippen molar-refractivity contribution >= 4 is 0 Å². The van der Waals surface area contributed by atoms with Crippen LogP contribution in [0.2, 0.25) is 0 Å². The largest absolute Gasteiger partial charge is 0.350 e. The maximum atomic E-state index is 12.8. The smallest absolute Gasteiger partial charge is 0.250 e. The van der Waals surface area contributed by atoms with Crippen molar-refractivity contribution in [2.45, 2.75) is 19.3 Å². The zero-order chi connectivity index (χ0) is 10.7. The highest BCUT2D eigenvalue weighted by Gasteiger charge is 2.15. The molecule has 0 radical (unpaired) electrons. The van der Waals surface area contributed by atoms with E-state index in [0.717, 1.165) is 6.07 Å². The average molecular weight is 213 g/mol. The van der Waals surface area contributed by atoms with E-state index >= 15 is 0 Å². The van der Waals surface area contributed by atoms with Gasteiger partial charge in [-0.15, -0.1) is 0 Å². The standard InChI is InChI=1S/C10H12FNO3/c11-8-1-2-9(13)12(7-8)4-3-10-14-5-6-15-10/h1-2,7,10H,3-6H2. The van der Waals surface area contributed by atoms with Crippen LogP contribution < -0.4 is 5.56 Å². The monoisotopic (exact) mass is 213 g/mol. The first kappa shape index (κ1) is 10.3. The molecule has 15 heavy (non-hydrogen) atoms. The molecule has 82 valence electrons. The van der Waals surface area contributed by atoms with Crippen LogP contribution in [-0.2, 0) is 16.0 Å². The second kappa shape index (κ2) is 4.55. The molecule has 0 bridgehead atoms. The molecule has 0 unspecified atom stereocenters. The van der Waals surface area contributed by atoms with E-state index < -0.39 is 5.82 Å². The highest BCUT2D eigenvalue weighted by molar-refractivity contribution is 4.96. The molecule has 0 spiro atoms. The lowest BCUT2D eigenvalue weighted by Gasteiger charge is -2.10. The van der Waals surface area contributed by atoms with Crippen LogP contribution in [-0.4, -0.2) is 24.1 Å². The molecular weight excluding hydrogens is 201 g/mol. The average Bonchev–Trinajstić information content (AvgIpc) is 2.72. The summed E-state index contributed by atoms with van der Waals surface area (Å²) in [5, 5.41) is 0. The second-order valence-corrected chi connectivity index (χ2v) is 3.34. The zero-order valence-electron chi connectivity index (χ0n) is 8.19. The first-order valence-corrected chi connectivity index (χ1v) is 4.85. The van der Waals surface area contributed by atoms with Gasteiger partial charge in [0.1, 0.15) is 5.82 Å². The second-order valence-electron chi connectivity index (χ2n) is 3.34. The van der Waals surface area contributed by atoms with Crippen molar-refractivity contribution in [2.24, 2.45) is 0 Å². The summed E-state index contributed by atoms with van der Waals surface area (Å²) in [5.74, 6) is -0.414. The van der Waals surface area contributed by atoms with E-state index in [-0.39, 0.29) is 11.8 Å². The van der Waals surface area contributed by atoms with Gasteiger partial charge in [-0.3, -0.25) is 4.79 Å². The van der Waals surface area contributed by atoms with Gasteiger partial charge < -0.3 is 14.0 Å². The highest BCUT2D eigenvalue weighted by Crippen LogP contribution is 2.08. The first-order chi connectivity index (χ1) is 7.25. The summed E-state index contributed by atoms with van der Waals surface area (Å²) >= 11 is 0. The minimum absolute atomic E-state index is 0.214. The molecule has 0 atom stereocenters. The molecule has 1 aromatic heterocycles. The number of aromatic nitrogens is 1. The van der Waals surface area contributed by atoms with Gasteiger partial charge in [-0.05, 0) is 6.07 Å². The molecule has 1 saturated heterocycles. The molecule has 1 aliphatic rings. The summed E-state index contributed by atoms with van der Waals surface area (Å²) < 4.78 is 24.6. The van der Waals surface area contributed by atoms with Gasteiger partial charge in [-0.2, -0.15) is 0 Å². The highest BCUT2D eigenvalue weighted by atomic mass is 19.1. The van der Waals surface area contributed by atoms with Crippen LogP contribution in [0.25, 0.3) is 0 Å². The fraction of sp³-hybridized carbons (Fsp3) is 0.500. The molecule has 2 rings (SSSR count). The summed E-state index contributed by atoms with van der Waals surface area (Å²) in [6, 6.07) is 2.37. The Hall–Kier alpha value is -1.20. The van der Waals surface area contributed by atoms with Crippen LogP contribution >= 0.6 is 0 Å². The quantitative estimate of drug-likeness (QED) is 0.744. The van der Waals surface area contributed by atoms with Crippen molar-refractivity contribution < 1.29 is 13.9 Å². The van der Waals surface area contributed by atoms with Crippen LogP contribution in [0.1, 0.15) is 6.42 Å². The van der Waals surface area contributed by atoms with Gasteiger partial charge in [0.05, 0.1) is 13.2 Å². The van der Waals surface area contributed by atoms with E-state index in [0.29, 0.717) is 26.2 Å². The Kier molecular flexibility index (Phi) is 3.13. The molecule has 0 aromatic carbocycles. The van der Waals surface area contributed by atoms with E-state index in [2.05, 4.69) is 0 Å². The number of ether oxygens (including phenoxy) is 2. The van der Waals surface area contributed by atoms with Crippen molar-refractivity contribution in [1.29, 1.82) is 0 Å². The van der Waals surface area contributed by atoms with Gasteiger partial charge in [0.15, 0.2) is 6.29 Å². The number of rotatable bonds is 3. The molecule has 0 N–H and O–H groups in total. The lowest BCUT2D eigenvalue weighted by atomic mass is 10.4. The molecule has 5 heteroatoms. The fourth-order valence-corrected chi connectivity index (χ4v) is 1.50. The van der Waals surface area contributed by atoms with Gasteiger partial charge in [0, 0.05) is 25.2 Å². The summed E-state index contributed by atoms with van der Waals surface area (Å²) in [6.07, 6.45) is 1.49. The minimum Gasteiger partial charge on any atom is -0.350 e. The SMILES string of the molecule is O=c1ccc(F)cn1CCC1OCCO1. The van der Waals surface area contributed by atoms with Crippen molar-refractivity contribution in [3.8, 4) is 0 Å². The molecular formula is C10H12FNO3. The maximum absolute atomic E-state index is 12.8. The van der Waals surface area contributed by atoms with Crippen LogP contribution in [0.5, 0.6) is 0 Å². The third kappa shape index (κ3) is 2.64. The molecule has 0 saturated carbocycles. The molecule has 2 heterocycles. The van der Waals surface area contributed by atoms with E-state index in [4.69, 9.17) is 9.47 Å². The predicted octanol–water partition coefficient (Wildman–Crippen LogP) is 0.750. The summed E-state index contributed by atoms with van der Waals surface area (Å²) in [7, 11) is 0. The number of halogens is 1. The number of nitrogens with zero attached hydrogens (tertiary/aromatic N) is 1. The van der Waals surface area contributed by atoms with E-state index in [9.17, 15) is 9.18 Å². The third-order valence-corrected chi connectivity index (χ3v) is 2.24. The van der Waals surface area contributed by atoms with Crippen LogP contribution in [0, 0.1) is 5.82 Å². The maximum Gasteiger partial charge on any atom is 0.250 e. The molecule has 1 fully saturated rings. The third-order valence-electron chi connectivity index (χ3n) is 2.24. The topological polar surface area (TPSA) is 40.5 Å². The number of hydrogen-bond acceptors (Lipinski definition) is 3. The van der Waals surface area contributed by atoms with Crippen LogP contribution in [0.3, 0.4) is 0 Å². The van der Waals surface area contributed by atoms with Crippen molar-refractivity contribution in [1.82, 2.24) is 4.57 Å². The van der Waals surface area contributed by atoms with E-state index in [1.807, 2.05) is 0 Å². The summed E-state index contributed by atoms with van der Waals surface area (Å²) in [5.41, 5.74) is -0.214. The van der Waals surface area contributed by atoms with Crippen LogP contribution in [0.15, 0.2) is 23.1 Å². The Labute approximate surface area is 86.2 Å². The molecule has 1 aliphatic heterocycles. The summed E-state index contributed by atoms with van der Waals surface area (Å²) in [4.78, 5) is 11.3. The van der Waals surface area contributed by atoms with Gasteiger partial charge in [-0.1, -0.05) is 0 Å². The minimum atomic E-state index is -0.414. The van der Waals surface area contributed by atoms with Crippen molar-refractivity contribution in [2.75, 3.05) is 13.2 Å². The van der Waals surface area contributed by atoms with E-state index in [1.54, 1.807) is 0 Å². The van der Waals surface area contributed by atoms with Gasteiger partial charge in [0.25, 0.3) is 5.56 Å². The Bertz CT molecular complexity index is 384. The Morgan fingerprint density at radius 2 is 2.13 bits per heavy atom. The van der Waals surface area contributed by atoms with Crippen molar-refractivity contribution in [3.63, 3.8) is 0 Å². The van der Waals surface area contributed by atoms with Gasteiger partial charge in [0.2, 0.25) is 0 Å². The molecule has 0 aliphatic carbocycles.